The van der Waals surface area contributed by atoms with Crippen LogP contribution in [0.3, 0.4) is 0 Å². The number of rotatable bonds is 13. The summed E-state index contributed by atoms with van der Waals surface area (Å²) in [5, 5.41) is 5.44. The van der Waals surface area contributed by atoms with Gasteiger partial charge in [-0.2, -0.15) is 0 Å². The Morgan fingerprint density at radius 2 is 1.79 bits per heavy atom. The predicted molar refractivity (Wildman–Crippen MR) is 158 cm³/mol. The molecule has 0 spiro atoms. The van der Waals surface area contributed by atoms with Crippen LogP contribution in [0, 0.1) is 0 Å². The number of methoxy groups -OCH3 is 1. The number of benzene rings is 2. The van der Waals surface area contributed by atoms with Crippen molar-refractivity contribution in [3.8, 4) is 0 Å². The molecular weight excluding hydrogens is 536 g/mol. The van der Waals surface area contributed by atoms with E-state index < -0.39 is 29.4 Å². The Morgan fingerprint density at radius 1 is 1.10 bits per heavy atom. The van der Waals surface area contributed by atoms with Gasteiger partial charge in [0.25, 0.3) is 11.8 Å². The maximum atomic E-state index is 13.9. The third-order valence-corrected chi connectivity index (χ3v) is 7.12. The lowest BCUT2D eigenvalue weighted by atomic mass is 10.0. The van der Waals surface area contributed by atoms with Crippen molar-refractivity contribution < 1.29 is 23.9 Å². The minimum absolute atomic E-state index is 0.00320. The summed E-state index contributed by atoms with van der Waals surface area (Å²) in [6.07, 6.45) is 4.93. The molecule has 224 valence electrons. The minimum Gasteiger partial charge on any atom is -0.383 e. The molecule has 2 heterocycles. The molecule has 11 nitrogen and oxygen atoms in total. The molecule has 3 atom stereocenters. The van der Waals surface area contributed by atoms with Gasteiger partial charge in [0.15, 0.2) is 5.82 Å². The van der Waals surface area contributed by atoms with E-state index >= 15 is 0 Å². The van der Waals surface area contributed by atoms with Crippen molar-refractivity contribution in [1.29, 1.82) is 0 Å². The molecule has 1 aliphatic heterocycles. The maximum Gasteiger partial charge on any atom is 0.250 e. The fraction of sp³-hybridized carbons (Fsp3) is 0.419. The summed E-state index contributed by atoms with van der Waals surface area (Å²) in [5.74, 6) is -0.853. The topological polar surface area (TPSA) is 141 Å². The van der Waals surface area contributed by atoms with E-state index in [-0.39, 0.29) is 31.0 Å². The summed E-state index contributed by atoms with van der Waals surface area (Å²) in [6.45, 7) is 4.42. The molecule has 3 amide bonds. The highest BCUT2D eigenvalue weighted by Crippen LogP contribution is 2.27. The summed E-state index contributed by atoms with van der Waals surface area (Å²) in [4.78, 5) is 46.1. The molecule has 0 bridgehead atoms. The first-order valence-electron chi connectivity index (χ1n) is 14.1. The van der Waals surface area contributed by atoms with E-state index in [1.807, 2.05) is 65.6 Å². The fourth-order valence-corrected chi connectivity index (χ4v) is 4.88. The zero-order valence-corrected chi connectivity index (χ0v) is 24.4. The third kappa shape index (κ3) is 8.03. The smallest absolute Gasteiger partial charge is 0.250 e. The van der Waals surface area contributed by atoms with Crippen LogP contribution in [0.1, 0.15) is 43.9 Å². The summed E-state index contributed by atoms with van der Waals surface area (Å²) in [7, 11) is 1.64. The Labute approximate surface area is 246 Å². The Morgan fingerprint density at radius 3 is 2.45 bits per heavy atom. The van der Waals surface area contributed by atoms with Gasteiger partial charge in [-0.05, 0) is 37.8 Å². The molecule has 3 aromatic rings. The van der Waals surface area contributed by atoms with Crippen LogP contribution in [0.4, 0.5) is 5.82 Å². The highest BCUT2D eigenvalue weighted by molar-refractivity contribution is 5.98. The van der Waals surface area contributed by atoms with Crippen molar-refractivity contribution in [3.05, 3.63) is 84.3 Å². The lowest BCUT2D eigenvalue weighted by molar-refractivity contribution is -0.135. The van der Waals surface area contributed by atoms with E-state index in [1.54, 1.807) is 31.7 Å². The first-order chi connectivity index (χ1) is 20.2. The SMILES string of the molecule is COC[C@H]1CCCN1C(=O)C(c1ccccc1)n1cnc(NC(=O)[C@@H](COCc2ccccc2)NC(=O)C(C)(C)N)c1. The van der Waals surface area contributed by atoms with Gasteiger partial charge in [-0.3, -0.25) is 14.4 Å². The number of likely N-dealkylation sites (tertiary alicyclic amines) is 1. The maximum absolute atomic E-state index is 13.9. The summed E-state index contributed by atoms with van der Waals surface area (Å²) >= 11 is 0. The number of carbonyl (C=O) groups is 3. The second kappa shape index (κ2) is 14.2. The summed E-state index contributed by atoms with van der Waals surface area (Å²) in [5.41, 5.74) is 6.49. The Balaban J connectivity index is 1.51. The number of aromatic nitrogens is 2. The lowest BCUT2D eigenvalue weighted by Gasteiger charge is -2.29. The molecule has 2 aromatic carbocycles. The predicted octanol–water partition coefficient (Wildman–Crippen LogP) is 2.49. The van der Waals surface area contributed by atoms with Crippen LogP contribution in [0.2, 0.25) is 0 Å². The van der Waals surface area contributed by atoms with Crippen LogP contribution in [-0.2, 0) is 30.5 Å². The van der Waals surface area contributed by atoms with Gasteiger partial charge in [-0.1, -0.05) is 60.7 Å². The van der Waals surface area contributed by atoms with Gasteiger partial charge in [0.2, 0.25) is 5.91 Å². The number of ether oxygens (including phenoxy) is 2. The molecule has 1 unspecified atom stereocenters. The van der Waals surface area contributed by atoms with Crippen LogP contribution < -0.4 is 16.4 Å². The number of nitrogens with one attached hydrogen (secondary N) is 2. The first kappa shape index (κ1) is 30.9. The van der Waals surface area contributed by atoms with E-state index in [4.69, 9.17) is 15.2 Å². The van der Waals surface area contributed by atoms with E-state index in [1.165, 1.54) is 6.33 Å². The average Bonchev–Trinajstić information content (AvgIpc) is 3.63. The Bertz CT molecular complexity index is 1320. The van der Waals surface area contributed by atoms with Crippen LogP contribution in [0.15, 0.2) is 73.2 Å². The zero-order valence-electron chi connectivity index (χ0n) is 24.4. The number of amides is 3. The fourth-order valence-electron chi connectivity index (χ4n) is 4.88. The molecular formula is C31H40N6O5. The van der Waals surface area contributed by atoms with Crippen molar-refractivity contribution in [3.63, 3.8) is 0 Å². The second-order valence-corrected chi connectivity index (χ2v) is 11.0. The van der Waals surface area contributed by atoms with Gasteiger partial charge < -0.3 is 35.3 Å². The number of nitrogens with two attached hydrogens (primary N) is 1. The number of hydrogen-bond donors (Lipinski definition) is 3. The molecule has 1 aliphatic rings. The van der Waals surface area contributed by atoms with Crippen LogP contribution in [-0.4, -0.2) is 76.7 Å². The van der Waals surface area contributed by atoms with E-state index in [0.717, 1.165) is 24.0 Å². The van der Waals surface area contributed by atoms with Crippen molar-refractivity contribution in [1.82, 2.24) is 19.8 Å². The minimum atomic E-state index is -1.20. The molecule has 11 heteroatoms. The number of nitrogens with zero attached hydrogens (tertiary/aromatic N) is 3. The van der Waals surface area contributed by atoms with Crippen LogP contribution >= 0.6 is 0 Å². The van der Waals surface area contributed by atoms with Gasteiger partial charge in [0, 0.05) is 19.9 Å². The zero-order chi connectivity index (χ0) is 30.1. The summed E-state index contributed by atoms with van der Waals surface area (Å²) < 4.78 is 12.8. The Kier molecular flexibility index (Phi) is 10.5. The van der Waals surface area contributed by atoms with Crippen LogP contribution in [0.25, 0.3) is 0 Å². The summed E-state index contributed by atoms with van der Waals surface area (Å²) in [6, 6.07) is 17.3. The quantitative estimate of drug-likeness (QED) is 0.284. The number of hydrogen-bond acceptors (Lipinski definition) is 7. The molecule has 0 radical (unpaired) electrons. The van der Waals surface area contributed by atoms with Crippen molar-refractivity contribution in [2.75, 3.05) is 32.2 Å². The van der Waals surface area contributed by atoms with E-state index in [2.05, 4.69) is 15.6 Å². The molecule has 0 saturated carbocycles. The van der Waals surface area contributed by atoms with E-state index in [0.29, 0.717) is 13.2 Å². The highest BCUT2D eigenvalue weighted by Gasteiger charge is 2.35. The van der Waals surface area contributed by atoms with E-state index in [9.17, 15) is 14.4 Å². The molecule has 1 fully saturated rings. The van der Waals surface area contributed by atoms with Crippen molar-refractivity contribution >= 4 is 23.5 Å². The molecule has 4 rings (SSSR count). The second-order valence-electron chi connectivity index (χ2n) is 11.0. The Hall–Kier alpha value is -4.06. The molecule has 4 N–H and O–H groups in total. The lowest BCUT2D eigenvalue weighted by Crippen LogP contribution is -2.56. The largest absolute Gasteiger partial charge is 0.383 e. The number of imidazole rings is 1. The number of carbonyl (C=O) groups excluding carboxylic acids is 3. The van der Waals surface area contributed by atoms with Crippen molar-refractivity contribution in [2.24, 2.45) is 5.73 Å². The van der Waals surface area contributed by atoms with Gasteiger partial charge in [-0.15, -0.1) is 0 Å². The van der Waals surface area contributed by atoms with Gasteiger partial charge >= 0.3 is 0 Å². The standard InChI is InChI=1S/C31H40N6O5/c1-31(2,32)30(40)34-25(20-42-18-22-11-6-4-7-12-22)28(38)35-26-17-36(21-33-26)27(23-13-8-5-9-14-23)29(39)37-16-10-15-24(37)19-41-3/h4-9,11-14,17,21,24-25,27H,10,15-16,18-20,32H2,1-3H3,(H,34,40)(H,35,38)/t24-,25-,27?/m1/s1. The molecule has 1 aromatic heterocycles. The normalized spacial score (nSPS) is 16.6. The average molecular weight is 577 g/mol. The monoisotopic (exact) mass is 576 g/mol. The first-order valence-corrected chi connectivity index (χ1v) is 14.1. The van der Waals surface area contributed by atoms with Gasteiger partial charge in [0.1, 0.15) is 12.1 Å². The third-order valence-electron chi connectivity index (χ3n) is 7.12. The van der Waals surface area contributed by atoms with Crippen molar-refractivity contribution in [2.45, 2.75) is 57.0 Å². The highest BCUT2D eigenvalue weighted by atomic mass is 16.5. The molecule has 42 heavy (non-hydrogen) atoms. The van der Waals surface area contributed by atoms with Gasteiger partial charge in [0.05, 0.1) is 37.7 Å². The molecule has 1 saturated heterocycles. The number of anilines is 1. The molecule has 0 aliphatic carbocycles. The van der Waals surface area contributed by atoms with Gasteiger partial charge in [-0.25, -0.2) is 4.98 Å². The van der Waals surface area contributed by atoms with Crippen LogP contribution in [0.5, 0.6) is 0 Å².